The summed E-state index contributed by atoms with van der Waals surface area (Å²) in [6, 6.07) is 0. The largest absolute Gasteiger partial charge is 0.460 e. The lowest BCUT2D eigenvalue weighted by Gasteiger charge is -2.13. The van der Waals surface area contributed by atoms with Crippen LogP contribution in [0.25, 0.3) is 0 Å². The van der Waals surface area contributed by atoms with Crippen LogP contribution in [0.5, 0.6) is 0 Å². The zero-order chi connectivity index (χ0) is 18.4. The van der Waals surface area contributed by atoms with Crippen LogP contribution < -0.4 is 0 Å². The summed E-state index contributed by atoms with van der Waals surface area (Å²) in [6.07, 6.45) is 0. The van der Waals surface area contributed by atoms with Gasteiger partial charge in [-0.2, -0.15) is 0 Å². The van der Waals surface area contributed by atoms with Gasteiger partial charge in [-0.05, 0) is 33.4 Å². The third-order valence-corrected chi connectivity index (χ3v) is 6.47. The average Bonchev–Trinajstić information content (AvgIpc) is 2.91. The number of hydrogen-bond donors (Lipinski definition) is 0. The van der Waals surface area contributed by atoms with Crippen molar-refractivity contribution in [3.63, 3.8) is 0 Å². The van der Waals surface area contributed by atoms with Gasteiger partial charge in [0.25, 0.3) is 0 Å². The van der Waals surface area contributed by atoms with Gasteiger partial charge in [-0.25, -0.2) is 13.2 Å². The number of hydrogen-bond acceptors (Lipinski definition) is 3. The van der Waals surface area contributed by atoms with Gasteiger partial charge in [-0.15, -0.1) is 0 Å². The van der Waals surface area contributed by atoms with Gasteiger partial charge < -0.3 is 9.47 Å². The maximum Gasteiger partial charge on any atom is 0.310 e. The van der Waals surface area contributed by atoms with E-state index in [1.807, 2.05) is 27.7 Å². The molecule has 7 heteroatoms. The minimum absolute atomic E-state index is 0.110. The van der Waals surface area contributed by atoms with Crippen molar-refractivity contribution in [3.8, 4) is 0 Å². The Kier molecular flexibility index (Phi) is 5.26. The molecule has 0 heterocycles. The van der Waals surface area contributed by atoms with Crippen LogP contribution in [0, 0.1) is 37.8 Å². The summed E-state index contributed by atoms with van der Waals surface area (Å²) in [4.78, 5) is 12.2. The lowest BCUT2D eigenvalue weighted by molar-refractivity contribution is -0.148. The lowest BCUT2D eigenvalue weighted by atomic mass is 10.0. The Morgan fingerprint density at radius 2 is 1.50 bits per heavy atom. The van der Waals surface area contributed by atoms with Crippen molar-refractivity contribution < 1.29 is 27.4 Å². The van der Waals surface area contributed by atoms with Crippen molar-refractivity contribution in [3.05, 3.63) is 32.1 Å². The zero-order valence-electron chi connectivity index (χ0n) is 14.2. The summed E-state index contributed by atoms with van der Waals surface area (Å²) in [5, 5.41) is 0. The third kappa shape index (κ3) is 2.94. The molecular formula is C17H20F3IO3. The number of esters is 1. The first-order valence-corrected chi connectivity index (χ1v) is 8.55. The van der Waals surface area contributed by atoms with E-state index in [9.17, 15) is 18.0 Å². The van der Waals surface area contributed by atoms with Crippen LogP contribution in [0.1, 0.15) is 38.8 Å². The number of carbonyl (C=O) groups is 1. The molecule has 0 radical (unpaired) electrons. The third-order valence-electron chi connectivity index (χ3n) is 5.35. The van der Waals surface area contributed by atoms with Gasteiger partial charge in [0.2, 0.25) is 0 Å². The number of benzene rings is 1. The summed E-state index contributed by atoms with van der Waals surface area (Å²) in [6.45, 7) is 6.90. The van der Waals surface area contributed by atoms with Gasteiger partial charge in [0.15, 0.2) is 11.6 Å². The van der Waals surface area contributed by atoms with Crippen LogP contribution >= 0.6 is 22.6 Å². The summed E-state index contributed by atoms with van der Waals surface area (Å²) in [5.41, 5.74) is -1.22. The summed E-state index contributed by atoms with van der Waals surface area (Å²) < 4.78 is 52.1. The molecule has 1 aliphatic carbocycles. The predicted molar refractivity (Wildman–Crippen MR) is 90.6 cm³/mol. The molecule has 0 unspecified atom stereocenters. The summed E-state index contributed by atoms with van der Waals surface area (Å²) in [5.74, 6) is -4.23. The normalized spacial score (nSPS) is 18.5. The Balaban J connectivity index is 2.21. The van der Waals surface area contributed by atoms with E-state index in [2.05, 4.69) is 4.74 Å². The second-order valence-electron chi connectivity index (χ2n) is 7.13. The molecule has 0 aliphatic heterocycles. The van der Waals surface area contributed by atoms with Crippen molar-refractivity contribution in [2.45, 2.75) is 40.9 Å². The van der Waals surface area contributed by atoms with Crippen molar-refractivity contribution in [2.75, 3.05) is 7.11 Å². The van der Waals surface area contributed by atoms with E-state index in [0.717, 1.165) is 0 Å². The van der Waals surface area contributed by atoms with E-state index in [-0.39, 0.29) is 32.5 Å². The first kappa shape index (κ1) is 19.5. The minimum Gasteiger partial charge on any atom is -0.460 e. The molecule has 0 spiro atoms. The minimum atomic E-state index is -1.31. The molecule has 0 bridgehead atoms. The van der Waals surface area contributed by atoms with E-state index in [1.54, 1.807) is 22.6 Å². The smallest absolute Gasteiger partial charge is 0.310 e. The van der Waals surface area contributed by atoms with E-state index in [4.69, 9.17) is 4.74 Å². The Hall–Kier alpha value is -0.830. The van der Waals surface area contributed by atoms with Gasteiger partial charge in [-0.3, -0.25) is 4.79 Å². The molecule has 134 valence electrons. The first-order valence-electron chi connectivity index (χ1n) is 7.47. The second kappa shape index (κ2) is 6.48. The number of methoxy groups -OCH3 is 1. The van der Waals surface area contributed by atoms with Crippen LogP contribution in [0.3, 0.4) is 0 Å². The van der Waals surface area contributed by atoms with Gasteiger partial charge in [0.05, 0.1) is 21.7 Å². The van der Waals surface area contributed by atoms with E-state index in [0.29, 0.717) is 0 Å². The highest BCUT2D eigenvalue weighted by atomic mass is 127. The molecule has 2 rings (SSSR count). The number of ether oxygens (including phenoxy) is 2. The fourth-order valence-corrected chi connectivity index (χ4v) is 3.85. The van der Waals surface area contributed by atoms with Crippen molar-refractivity contribution in [1.82, 2.24) is 0 Å². The fourth-order valence-electron chi connectivity index (χ4n) is 3.13. The Bertz CT molecular complexity index is 643. The molecule has 1 aromatic carbocycles. The van der Waals surface area contributed by atoms with Crippen molar-refractivity contribution >= 4 is 28.6 Å². The highest BCUT2D eigenvalue weighted by molar-refractivity contribution is 14.1. The van der Waals surface area contributed by atoms with Crippen LogP contribution in [-0.4, -0.2) is 13.1 Å². The molecule has 1 saturated carbocycles. The Labute approximate surface area is 153 Å². The highest BCUT2D eigenvalue weighted by Gasteiger charge is 2.69. The molecule has 1 aromatic rings. The Morgan fingerprint density at radius 3 is 1.96 bits per heavy atom. The SMILES string of the molecule is COCc1c(F)c(F)c(COC(=O)C2C(C)(C)C2(C)C)c(I)c1F. The lowest BCUT2D eigenvalue weighted by Crippen LogP contribution is -2.15. The Morgan fingerprint density at radius 1 is 1.00 bits per heavy atom. The zero-order valence-corrected chi connectivity index (χ0v) is 16.4. The molecule has 0 aromatic heterocycles. The molecule has 0 amide bonds. The standard InChI is InChI=1S/C17H20F3IO3/c1-16(2)14(17(16,3)4)15(22)24-7-9-11(19)10(18)8(6-23-5)12(20)13(9)21/h14H,6-7H2,1-5H3. The molecule has 0 saturated heterocycles. The number of halogens is 4. The van der Waals surface area contributed by atoms with Crippen LogP contribution in [-0.2, 0) is 27.5 Å². The topological polar surface area (TPSA) is 35.5 Å². The average molecular weight is 456 g/mol. The van der Waals surface area contributed by atoms with Crippen molar-refractivity contribution in [2.24, 2.45) is 16.7 Å². The molecule has 1 aliphatic rings. The molecular weight excluding hydrogens is 436 g/mol. The van der Waals surface area contributed by atoms with E-state index in [1.165, 1.54) is 7.11 Å². The van der Waals surface area contributed by atoms with Crippen LogP contribution in [0.15, 0.2) is 0 Å². The van der Waals surface area contributed by atoms with Crippen molar-refractivity contribution in [1.29, 1.82) is 0 Å². The summed E-state index contributed by atoms with van der Waals surface area (Å²) in [7, 11) is 1.26. The van der Waals surface area contributed by atoms with E-state index < -0.39 is 35.6 Å². The maximum atomic E-state index is 14.2. The number of rotatable bonds is 5. The predicted octanol–water partition coefficient (Wildman–Crippen LogP) is 4.58. The molecule has 3 nitrogen and oxygen atoms in total. The monoisotopic (exact) mass is 456 g/mol. The highest BCUT2D eigenvalue weighted by Crippen LogP contribution is 2.68. The van der Waals surface area contributed by atoms with Gasteiger partial charge in [0, 0.05) is 12.7 Å². The quantitative estimate of drug-likeness (QED) is 0.370. The molecule has 0 atom stereocenters. The van der Waals surface area contributed by atoms with Crippen LogP contribution in [0.2, 0.25) is 0 Å². The molecule has 0 N–H and O–H groups in total. The maximum absolute atomic E-state index is 14.2. The van der Waals surface area contributed by atoms with E-state index >= 15 is 0 Å². The van der Waals surface area contributed by atoms with Crippen LogP contribution in [0.4, 0.5) is 13.2 Å². The second-order valence-corrected chi connectivity index (χ2v) is 8.21. The van der Waals surface area contributed by atoms with Gasteiger partial charge >= 0.3 is 5.97 Å². The molecule has 1 fully saturated rings. The fraction of sp³-hybridized carbons (Fsp3) is 0.588. The van der Waals surface area contributed by atoms with Gasteiger partial charge in [0.1, 0.15) is 12.4 Å². The van der Waals surface area contributed by atoms with Gasteiger partial charge in [-0.1, -0.05) is 27.7 Å². The summed E-state index contributed by atoms with van der Waals surface area (Å²) >= 11 is 1.58. The number of carbonyl (C=O) groups excluding carboxylic acids is 1. The molecule has 24 heavy (non-hydrogen) atoms. The first-order chi connectivity index (χ1) is 11.0.